The highest BCUT2D eigenvalue weighted by Crippen LogP contribution is 2.17. The molecule has 1 aliphatic rings. The van der Waals surface area contributed by atoms with Crippen LogP contribution < -0.4 is 0 Å². The van der Waals surface area contributed by atoms with Crippen LogP contribution in [0.4, 0.5) is 0 Å². The van der Waals surface area contributed by atoms with E-state index in [0.717, 1.165) is 25.0 Å². The zero-order valence-corrected chi connectivity index (χ0v) is 6.21. The van der Waals surface area contributed by atoms with Crippen molar-refractivity contribution in [3.63, 3.8) is 0 Å². The van der Waals surface area contributed by atoms with Crippen LogP contribution in [0.5, 0.6) is 0 Å². The van der Waals surface area contributed by atoms with Crippen LogP contribution in [0, 0.1) is 0 Å². The minimum absolute atomic E-state index is 0.0683. The standard InChI is InChI=1S/C7H13NO2/c1-10-7-5-3-2-4-6(7)8-9/h7,9H,2-5H2,1H3/b8-6+. The first-order chi connectivity index (χ1) is 4.88. The van der Waals surface area contributed by atoms with Gasteiger partial charge in [0.05, 0.1) is 11.8 Å². The molecule has 0 radical (unpaired) electrons. The molecule has 0 aromatic heterocycles. The van der Waals surface area contributed by atoms with Gasteiger partial charge in [0.15, 0.2) is 0 Å². The van der Waals surface area contributed by atoms with Crippen molar-refractivity contribution < 1.29 is 9.94 Å². The van der Waals surface area contributed by atoms with E-state index in [1.165, 1.54) is 6.42 Å². The monoisotopic (exact) mass is 143 g/mol. The first-order valence-electron chi connectivity index (χ1n) is 3.62. The van der Waals surface area contributed by atoms with Gasteiger partial charge in [-0.3, -0.25) is 0 Å². The van der Waals surface area contributed by atoms with Crippen molar-refractivity contribution >= 4 is 5.71 Å². The summed E-state index contributed by atoms with van der Waals surface area (Å²) in [6, 6.07) is 0. The highest BCUT2D eigenvalue weighted by atomic mass is 16.5. The van der Waals surface area contributed by atoms with Crippen LogP contribution in [0.2, 0.25) is 0 Å². The normalized spacial score (nSPS) is 30.9. The number of ether oxygens (including phenoxy) is 1. The third kappa shape index (κ3) is 1.48. The average molecular weight is 143 g/mol. The fraction of sp³-hybridized carbons (Fsp3) is 0.857. The van der Waals surface area contributed by atoms with E-state index in [0.29, 0.717) is 0 Å². The van der Waals surface area contributed by atoms with Gasteiger partial charge in [-0.2, -0.15) is 0 Å². The molecule has 3 heteroatoms. The van der Waals surface area contributed by atoms with Gasteiger partial charge in [-0.1, -0.05) is 11.6 Å². The predicted molar refractivity (Wildman–Crippen MR) is 38.5 cm³/mol. The van der Waals surface area contributed by atoms with Gasteiger partial charge in [0.1, 0.15) is 0 Å². The predicted octanol–water partition coefficient (Wildman–Crippen LogP) is 1.41. The summed E-state index contributed by atoms with van der Waals surface area (Å²) in [5, 5.41) is 11.7. The van der Waals surface area contributed by atoms with E-state index >= 15 is 0 Å². The minimum atomic E-state index is 0.0683. The van der Waals surface area contributed by atoms with Gasteiger partial charge in [0.25, 0.3) is 0 Å². The Hall–Kier alpha value is -0.570. The zero-order chi connectivity index (χ0) is 7.40. The van der Waals surface area contributed by atoms with Crippen molar-refractivity contribution in [1.29, 1.82) is 0 Å². The molecule has 1 saturated carbocycles. The third-order valence-electron chi connectivity index (χ3n) is 1.93. The zero-order valence-electron chi connectivity index (χ0n) is 6.21. The molecule has 0 heterocycles. The highest BCUT2D eigenvalue weighted by molar-refractivity contribution is 5.88. The molecule has 1 aliphatic carbocycles. The summed E-state index contributed by atoms with van der Waals surface area (Å²) in [6.07, 6.45) is 4.25. The van der Waals surface area contributed by atoms with Gasteiger partial charge in [-0.15, -0.1) is 0 Å². The van der Waals surface area contributed by atoms with Gasteiger partial charge in [0, 0.05) is 7.11 Å². The molecule has 1 N–H and O–H groups in total. The number of nitrogens with zero attached hydrogens (tertiary/aromatic N) is 1. The van der Waals surface area contributed by atoms with Gasteiger partial charge in [-0.05, 0) is 19.3 Å². The van der Waals surface area contributed by atoms with Crippen LogP contribution in [0.15, 0.2) is 5.16 Å². The quantitative estimate of drug-likeness (QED) is 0.445. The van der Waals surface area contributed by atoms with Crippen molar-refractivity contribution in [3.05, 3.63) is 0 Å². The van der Waals surface area contributed by atoms with Crippen LogP contribution in [0.3, 0.4) is 0 Å². The summed E-state index contributed by atoms with van der Waals surface area (Å²) in [4.78, 5) is 0. The Labute approximate surface area is 60.7 Å². The third-order valence-corrected chi connectivity index (χ3v) is 1.93. The Morgan fingerprint density at radius 2 is 2.40 bits per heavy atom. The summed E-state index contributed by atoms with van der Waals surface area (Å²) in [5.41, 5.74) is 0.800. The lowest BCUT2D eigenvalue weighted by Crippen LogP contribution is -2.26. The SMILES string of the molecule is COC1CCCC/C1=N\O. The topological polar surface area (TPSA) is 41.8 Å². The van der Waals surface area contributed by atoms with Crippen LogP contribution in [0.25, 0.3) is 0 Å². The average Bonchev–Trinajstić information content (AvgIpc) is 2.04. The van der Waals surface area contributed by atoms with Crippen molar-refractivity contribution in [1.82, 2.24) is 0 Å². The molecule has 1 rings (SSSR count). The molecule has 0 aromatic carbocycles. The summed E-state index contributed by atoms with van der Waals surface area (Å²) in [7, 11) is 1.65. The molecular formula is C7H13NO2. The Balaban J connectivity index is 2.50. The van der Waals surface area contributed by atoms with Crippen molar-refractivity contribution in [3.8, 4) is 0 Å². The van der Waals surface area contributed by atoms with E-state index in [9.17, 15) is 0 Å². The van der Waals surface area contributed by atoms with Gasteiger partial charge >= 0.3 is 0 Å². The largest absolute Gasteiger partial charge is 0.411 e. The second kappa shape index (κ2) is 3.56. The van der Waals surface area contributed by atoms with E-state index < -0.39 is 0 Å². The summed E-state index contributed by atoms with van der Waals surface area (Å²) < 4.78 is 5.10. The molecule has 1 unspecified atom stereocenters. The van der Waals surface area contributed by atoms with Crippen LogP contribution >= 0.6 is 0 Å². The van der Waals surface area contributed by atoms with Crippen molar-refractivity contribution in [2.45, 2.75) is 31.8 Å². The lowest BCUT2D eigenvalue weighted by Gasteiger charge is -2.20. The molecule has 58 valence electrons. The molecular weight excluding hydrogens is 130 g/mol. The maximum atomic E-state index is 8.50. The molecule has 10 heavy (non-hydrogen) atoms. The molecule has 3 nitrogen and oxygen atoms in total. The van der Waals surface area contributed by atoms with E-state index in [1.54, 1.807) is 7.11 Å². The molecule has 0 saturated heterocycles. The fourth-order valence-corrected chi connectivity index (χ4v) is 1.33. The highest BCUT2D eigenvalue weighted by Gasteiger charge is 2.19. The van der Waals surface area contributed by atoms with Crippen LogP contribution in [-0.4, -0.2) is 24.1 Å². The maximum absolute atomic E-state index is 8.50. The molecule has 0 spiro atoms. The molecule has 0 amide bonds. The van der Waals surface area contributed by atoms with E-state index in [1.807, 2.05) is 0 Å². The minimum Gasteiger partial charge on any atom is -0.411 e. The first kappa shape index (κ1) is 7.54. The number of hydrogen-bond donors (Lipinski definition) is 1. The van der Waals surface area contributed by atoms with Crippen molar-refractivity contribution in [2.75, 3.05) is 7.11 Å². The van der Waals surface area contributed by atoms with Gasteiger partial charge in [-0.25, -0.2) is 0 Å². The molecule has 0 bridgehead atoms. The van der Waals surface area contributed by atoms with E-state index in [-0.39, 0.29) is 6.10 Å². The Morgan fingerprint density at radius 3 is 2.90 bits per heavy atom. The number of methoxy groups -OCH3 is 1. The Bertz CT molecular complexity index is 134. The van der Waals surface area contributed by atoms with E-state index in [2.05, 4.69) is 5.16 Å². The van der Waals surface area contributed by atoms with Gasteiger partial charge < -0.3 is 9.94 Å². The lowest BCUT2D eigenvalue weighted by molar-refractivity contribution is 0.133. The molecule has 1 atom stereocenters. The fourth-order valence-electron chi connectivity index (χ4n) is 1.33. The maximum Gasteiger partial charge on any atom is 0.0985 e. The second-order valence-electron chi connectivity index (χ2n) is 2.56. The number of oxime groups is 1. The number of rotatable bonds is 1. The Kier molecular flexibility index (Phi) is 2.68. The summed E-state index contributed by atoms with van der Waals surface area (Å²) in [6.45, 7) is 0. The van der Waals surface area contributed by atoms with Crippen LogP contribution in [0.1, 0.15) is 25.7 Å². The van der Waals surface area contributed by atoms with Crippen LogP contribution in [-0.2, 0) is 4.74 Å². The van der Waals surface area contributed by atoms with Gasteiger partial charge in [0.2, 0.25) is 0 Å². The summed E-state index contributed by atoms with van der Waals surface area (Å²) in [5.74, 6) is 0. The van der Waals surface area contributed by atoms with Crippen molar-refractivity contribution in [2.24, 2.45) is 5.16 Å². The Morgan fingerprint density at radius 1 is 1.60 bits per heavy atom. The smallest absolute Gasteiger partial charge is 0.0985 e. The second-order valence-corrected chi connectivity index (χ2v) is 2.56. The molecule has 0 aromatic rings. The molecule has 1 fully saturated rings. The number of hydrogen-bond acceptors (Lipinski definition) is 3. The van der Waals surface area contributed by atoms with E-state index in [4.69, 9.17) is 9.94 Å². The lowest BCUT2D eigenvalue weighted by atomic mass is 9.96. The summed E-state index contributed by atoms with van der Waals surface area (Å²) >= 11 is 0. The molecule has 0 aliphatic heterocycles. The first-order valence-corrected chi connectivity index (χ1v) is 3.62.